The highest BCUT2D eigenvalue weighted by atomic mass is 35.5. The molecule has 0 aliphatic heterocycles. The Morgan fingerprint density at radius 3 is 2.59 bits per heavy atom. The van der Waals surface area contributed by atoms with Gasteiger partial charge in [0, 0.05) is 22.9 Å². The van der Waals surface area contributed by atoms with Crippen LogP contribution in [0.25, 0.3) is 0 Å². The quantitative estimate of drug-likeness (QED) is 0.737. The minimum atomic E-state index is 0.164. The van der Waals surface area contributed by atoms with Gasteiger partial charge in [-0.05, 0) is 29.3 Å². The van der Waals surface area contributed by atoms with Crippen LogP contribution >= 0.6 is 11.6 Å². The average molecular weight is 243 g/mol. The fourth-order valence-corrected chi connectivity index (χ4v) is 2.64. The number of benzene rings is 2. The number of Topliss-reactive ketones (excluding diaryl/α,β-unsaturated/α-hetero) is 1. The second-order valence-corrected chi connectivity index (χ2v) is 4.76. The van der Waals surface area contributed by atoms with Crippen LogP contribution in [0.4, 0.5) is 0 Å². The molecule has 17 heavy (non-hydrogen) atoms. The van der Waals surface area contributed by atoms with Crippen molar-refractivity contribution in [3.8, 4) is 0 Å². The molecule has 0 heterocycles. The molecule has 0 fully saturated rings. The topological polar surface area (TPSA) is 17.1 Å². The maximum Gasteiger partial charge on any atom is 0.164 e. The molecule has 2 aromatic carbocycles. The Labute approximate surface area is 105 Å². The fourth-order valence-electron chi connectivity index (χ4n) is 2.46. The Morgan fingerprint density at radius 2 is 1.82 bits per heavy atom. The Balaban J connectivity index is 2.13. The van der Waals surface area contributed by atoms with Crippen molar-refractivity contribution in [1.82, 2.24) is 0 Å². The van der Waals surface area contributed by atoms with Gasteiger partial charge in [-0.25, -0.2) is 0 Å². The van der Waals surface area contributed by atoms with Crippen LogP contribution in [0.2, 0.25) is 5.02 Å². The van der Waals surface area contributed by atoms with E-state index in [0.29, 0.717) is 11.4 Å². The predicted molar refractivity (Wildman–Crippen MR) is 68.7 cm³/mol. The third-order valence-corrected chi connectivity index (χ3v) is 3.52. The molecule has 2 heteroatoms. The summed E-state index contributed by atoms with van der Waals surface area (Å²) in [6.45, 7) is 0. The molecule has 0 amide bonds. The number of rotatable bonds is 1. The molecule has 0 saturated carbocycles. The maximum atomic E-state index is 11.9. The van der Waals surface area contributed by atoms with Gasteiger partial charge >= 0.3 is 0 Å². The molecule has 1 nitrogen and oxygen atoms in total. The van der Waals surface area contributed by atoms with E-state index in [0.717, 1.165) is 11.1 Å². The van der Waals surface area contributed by atoms with Gasteiger partial charge in [0.25, 0.3) is 0 Å². The number of hydrogen-bond acceptors (Lipinski definition) is 1. The molecule has 1 atom stereocenters. The van der Waals surface area contributed by atoms with Crippen molar-refractivity contribution in [3.05, 3.63) is 70.2 Å². The number of hydrogen-bond donors (Lipinski definition) is 0. The standard InChI is InChI=1S/C15H11ClO/c16-11-6-7-12-14(8-11)13(9-15(12)17)10-4-2-1-3-5-10/h1-8,13H,9H2/t13-/m1/s1. The molecule has 0 N–H and O–H groups in total. The lowest BCUT2D eigenvalue weighted by Crippen LogP contribution is -1.96. The molecule has 84 valence electrons. The van der Waals surface area contributed by atoms with Crippen molar-refractivity contribution in [2.24, 2.45) is 0 Å². The van der Waals surface area contributed by atoms with Gasteiger partial charge in [0.2, 0.25) is 0 Å². The number of ketones is 1. The molecular formula is C15H11ClO. The molecule has 0 aromatic heterocycles. The monoisotopic (exact) mass is 242 g/mol. The van der Waals surface area contributed by atoms with E-state index in [1.165, 1.54) is 5.56 Å². The van der Waals surface area contributed by atoms with E-state index in [1.54, 1.807) is 6.07 Å². The summed E-state index contributed by atoms with van der Waals surface area (Å²) in [5.41, 5.74) is 3.07. The number of carbonyl (C=O) groups excluding carboxylic acids is 1. The molecule has 0 bridgehead atoms. The van der Waals surface area contributed by atoms with E-state index in [2.05, 4.69) is 12.1 Å². The Kier molecular flexibility index (Phi) is 2.49. The van der Waals surface area contributed by atoms with Gasteiger partial charge in [0.15, 0.2) is 5.78 Å². The largest absolute Gasteiger partial charge is 0.294 e. The van der Waals surface area contributed by atoms with E-state index in [9.17, 15) is 4.79 Å². The van der Waals surface area contributed by atoms with Gasteiger partial charge < -0.3 is 0 Å². The first-order valence-corrected chi connectivity index (χ1v) is 6.01. The van der Waals surface area contributed by atoms with E-state index < -0.39 is 0 Å². The summed E-state index contributed by atoms with van der Waals surface area (Å²) in [5.74, 6) is 0.378. The van der Waals surface area contributed by atoms with Gasteiger partial charge in [-0.2, -0.15) is 0 Å². The molecule has 0 saturated heterocycles. The Bertz CT molecular complexity index is 575. The molecule has 2 aromatic rings. The van der Waals surface area contributed by atoms with Gasteiger partial charge in [-0.15, -0.1) is 0 Å². The summed E-state index contributed by atoms with van der Waals surface area (Å²) in [5, 5.41) is 0.694. The first-order valence-electron chi connectivity index (χ1n) is 5.63. The summed E-state index contributed by atoms with van der Waals surface area (Å²) in [4.78, 5) is 11.9. The van der Waals surface area contributed by atoms with Crippen LogP contribution in [-0.4, -0.2) is 5.78 Å². The predicted octanol–water partition coefficient (Wildman–Crippen LogP) is 4.06. The maximum absolute atomic E-state index is 11.9. The van der Waals surface area contributed by atoms with Crippen molar-refractivity contribution < 1.29 is 4.79 Å². The smallest absolute Gasteiger partial charge is 0.164 e. The van der Waals surface area contributed by atoms with Crippen LogP contribution in [-0.2, 0) is 0 Å². The van der Waals surface area contributed by atoms with E-state index in [4.69, 9.17) is 11.6 Å². The summed E-state index contributed by atoms with van der Waals surface area (Å²) < 4.78 is 0. The van der Waals surface area contributed by atoms with Crippen LogP contribution in [0.5, 0.6) is 0 Å². The first kappa shape index (κ1) is 10.5. The summed E-state index contributed by atoms with van der Waals surface area (Å²) in [7, 11) is 0. The fraction of sp³-hybridized carbons (Fsp3) is 0.133. The number of fused-ring (bicyclic) bond motifs is 1. The zero-order valence-electron chi connectivity index (χ0n) is 9.19. The van der Waals surface area contributed by atoms with Crippen LogP contribution in [0.1, 0.15) is 33.8 Å². The highest BCUT2D eigenvalue weighted by molar-refractivity contribution is 6.30. The number of carbonyl (C=O) groups is 1. The van der Waals surface area contributed by atoms with Crippen molar-refractivity contribution in [2.75, 3.05) is 0 Å². The normalized spacial score (nSPS) is 18.2. The lowest BCUT2D eigenvalue weighted by atomic mass is 9.93. The van der Waals surface area contributed by atoms with E-state index >= 15 is 0 Å². The Hall–Kier alpha value is -1.60. The molecule has 1 aliphatic carbocycles. The van der Waals surface area contributed by atoms with Crippen LogP contribution in [0, 0.1) is 0 Å². The Morgan fingerprint density at radius 1 is 1.06 bits per heavy atom. The summed E-state index contributed by atoms with van der Waals surface area (Å²) in [6.07, 6.45) is 0.555. The van der Waals surface area contributed by atoms with Crippen molar-refractivity contribution in [3.63, 3.8) is 0 Å². The van der Waals surface area contributed by atoms with Crippen LogP contribution in [0.3, 0.4) is 0 Å². The van der Waals surface area contributed by atoms with E-state index in [1.807, 2.05) is 30.3 Å². The lowest BCUT2D eigenvalue weighted by molar-refractivity contribution is 0.0991. The van der Waals surface area contributed by atoms with E-state index in [-0.39, 0.29) is 11.7 Å². The molecule has 1 aliphatic rings. The lowest BCUT2D eigenvalue weighted by Gasteiger charge is -2.11. The number of halogens is 1. The molecule has 3 rings (SSSR count). The second-order valence-electron chi connectivity index (χ2n) is 4.32. The van der Waals surface area contributed by atoms with Gasteiger partial charge in [0.1, 0.15) is 0 Å². The van der Waals surface area contributed by atoms with Crippen molar-refractivity contribution in [2.45, 2.75) is 12.3 Å². The minimum Gasteiger partial charge on any atom is -0.294 e. The van der Waals surface area contributed by atoms with Crippen LogP contribution < -0.4 is 0 Å². The van der Waals surface area contributed by atoms with Crippen molar-refractivity contribution >= 4 is 17.4 Å². The average Bonchev–Trinajstić information content (AvgIpc) is 2.67. The molecule has 0 unspecified atom stereocenters. The highest BCUT2D eigenvalue weighted by Gasteiger charge is 2.30. The SMILES string of the molecule is O=C1C[C@H](c2ccccc2)c2cc(Cl)ccc21. The molecule has 0 radical (unpaired) electrons. The van der Waals surface area contributed by atoms with Gasteiger partial charge in [0.05, 0.1) is 0 Å². The van der Waals surface area contributed by atoms with Gasteiger partial charge in [-0.3, -0.25) is 4.79 Å². The summed E-state index contributed by atoms with van der Waals surface area (Å²) >= 11 is 6.01. The van der Waals surface area contributed by atoms with Gasteiger partial charge in [-0.1, -0.05) is 41.9 Å². The zero-order valence-corrected chi connectivity index (χ0v) is 9.95. The molecule has 0 spiro atoms. The zero-order chi connectivity index (χ0) is 11.8. The third-order valence-electron chi connectivity index (χ3n) is 3.28. The molecular weight excluding hydrogens is 232 g/mol. The minimum absolute atomic E-state index is 0.164. The highest BCUT2D eigenvalue weighted by Crippen LogP contribution is 2.39. The van der Waals surface area contributed by atoms with Crippen molar-refractivity contribution in [1.29, 1.82) is 0 Å². The third kappa shape index (κ3) is 1.77. The van der Waals surface area contributed by atoms with Crippen LogP contribution in [0.15, 0.2) is 48.5 Å². The first-order chi connectivity index (χ1) is 8.25. The summed E-state index contributed by atoms with van der Waals surface area (Å²) in [6, 6.07) is 15.7. The second kappa shape index (κ2) is 4.01.